The van der Waals surface area contributed by atoms with Crippen molar-refractivity contribution in [3.8, 4) is 11.4 Å². The van der Waals surface area contributed by atoms with Crippen LogP contribution in [-0.4, -0.2) is 52.7 Å². The highest BCUT2D eigenvalue weighted by Gasteiger charge is 2.31. The molecule has 2 amide bonds. The fraction of sp³-hybridized carbons (Fsp3) is 0.393. The van der Waals surface area contributed by atoms with Crippen LogP contribution in [0.1, 0.15) is 37.6 Å². The Bertz CT molecular complexity index is 1190. The number of benzene rings is 2. The van der Waals surface area contributed by atoms with Crippen LogP contribution in [-0.2, 0) is 24.1 Å². The monoisotopic (exact) mass is 471 g/mol. The van der Waals surface area contributed by atoms with E-state index in [1.54, 1.807) is 0 Å². The number of rotatable bonds is 4. The molecule has 182 valence electrons. The van der Waals surface area contributed by atoms with Gasteiger partial charge < -0.3 is 19.9 Å². The Morgan fingerprint density at radius 1 is 1.06 bits per heavy atom. The Morgan fingerprint density at radius 2 is 1.83 bits per heavy atom. The lowest BCUT2D eigenvalue weighted by Gasteiger charge is -2.39. The molecule has 2 aromatic carbocycles. The van der Waals surface area contributed by atoms with Crippen molar-refractivity contribution in [2.75, 3.05) is 29.9 Å². The molecule has 35 heavy (non-hydrogen) atoms. The van der Waals surface area contributed by atoms with Crippen LogP contribution >= 0.6 is 0 Å². The Balaban J connectivity index is 1.46. The van der Waals surface area contributed by atoms with Crippen LogP contribution in [0.2, 0.25) is 0 Å². The van der Waals surface area contributed by atoms with E-state index in [4.69, 9.17) is 14.7 Å². The summed E-state index contributed by atoms with van der Waals surface area (Å²) in [6.45, 7) is 8.93. The molecule has 1 aromatic heterocycles. The van der Waals surface area contributed by atoms with Crippen LogP contribution in [0.25, 0.3) is 11.4 Å². The predicted molar refractivity (Wildman–Crippen MR) is 139 cm³/mol. The number of urea groups is 1. The van der Waals surface area contributed by atoms with Crippen molar-refractivity contribution in [3.05, 3.63) is 71.4 Å². The average Bonchev–Trinajstić information content (AvgIpc) is 2.87. The van der Waals surface area contributed by atoms with Crippen molar-refractivity contribution in [1.82, 2.24) is 14.9 Å². The number of nitrogens with one attached hydrogen (secondary N) is 1. The Morgan fingerprint density at radius 3 is 2.57 bits per heavy atom. The van der Waals surface area contributed by atoms with Crippen molar-refractivity contribution in [3.63, 3.8) is 0 Å². The van der Waals surface area contributed by atoms with Gasteiger partial charge in [0.25, 0.3) is 0 Å². The number of aromatic nitrogens is 2. The van der Waals surface area contributed by atoms with E-state index in [9.17, 15) is 4.79 Å². The average molecular weight is 472 g/mol. The summed E-state index contributed by atoms with van der Waals surface area (Å²) in [6, 6.07) is 18.0. The Kier molecular flexibility index (Phi) is 6.68. The van der Waals surface area contributed by atoms with E-state index in [1.165, 1.54) is 5.56 Å². The Labute approximate surface area is 207 Å². The molecule has 0 spiro atoms. The second kappa shape index (κ2) is 10.0. The van der Waals surface area contributed by atoms with Gasteiger partial charge >= 0.3 is 6.03 Å². The third-order valence-corrected chi connectivity index (χ3v) is 6.66. The number of amides is 2. The first-order valence-electron chi connectivity index (χ1n) is 12.5. The normalized spacial score (nSPS) is 19.9. The molecule has 3 heterocycles. The minimum atomic E-state index is -0.0919. The number of carbonyl (C=O) groups is 1. The number of fused-ring (bicyclic) bond motifs is 1. The van der Waals surface area contributed by atoms with Crippen LogP contribution < -0.4 is 10.2 Å². The standard InChI is InChI=1S/C28H33N5O2/c1-4-21-9-8-12-23(15-21)29-28(34)32-14-13-25-24(18-32)27(33-16-19(2)35-20(3)17-33)31-26(30-25)22-10-6-5-7-11-22/h5-12,15,19-20H,4,13-14,16-18H2,1-3H3,(H,29,34). The van der Waals surface area contributed by atoms with Gasteiger partial charge in [-0.2, -0.15) is 0 Å². The molecule has 1 N–H and O–H groups in total. The van der Waals surface area contributed by atoms with Gasteiger partial charge in [-0.15, -0.1) is 0 Å². The zero-order valence-electron chi connectivity index (χ0n) is 20.7. The molecular formula is C28H33N5O2. The molecule has 2 aliphatic rings. The molecule has 2 atom stereocenters. The summed E-state index contributed by atoms with van der Waals surface area (Å²) in [6.07, 6.45) is 1.85. The van der Waals surface area contributed by atoms with Gasteiger partial charge in [0.1, 0.15) is 5.82 Å². The molecule has 5 rings (SSSR count). The Hall–Kier alpha value is -3.45. The zero-order valence-corrected chi connectivity index (χ0v) is 20.7. The van der Waals surface area contributed by atoms with Crippen LogP contribution in [0.3, 0.4) is 0 Å². The number of hydrogen-bond donors (Lipinski definition) is 1. The highest BCUT2D eigenvalue weighted by Crippen LogP contribution is 2.31. The lowest BCUT2D eigenvalue weighted by Crippen LogP contribution is -2.47. The van der Waals surface area contributed by atoms with Gasteiger partial charge in [-0.05, 0) is 38.0 Å². The number of nitrogens with zero attached hydrogens (tertiary/aromatic N) is 4. The third-order valence-electron chi connectivity index (χ3n) is 6.66. The van der Waals surface area contributed by atoms with Gasteiger partial charge in [0.15, 0.2) is 5.82 Å². The lowest BCUT2D eigenvalue weighted by molar-refractivity contribution is -0.00556. The molecule has 7 nitrogen and oxygen atoms in total. The minimum Gasteiger partial charge on any atom is -0.372 e. The van der Waals surface area contributed by atoms with Gasteiger partial charge in [0, 0.05) is 42.9 Å². The summed E-state index contributed by atoms with van der Waals surface area (Å²) in [7, 11) is 0. The summed E-state index contributed by atoms with van der Waals surface area (Å²) in [4.78, 5) is 27.4. The van der Waals surface area contributed by atoms with E-state index in [1.807, 2.05) is 53.4 Å². The molecule has 0 saturated carbocycles. The fourth-order valence-corrected chi connectivity index (χ4v) is 4.97. The van der Waals surface area contributed by atoms with Crippen LogP contribution in [0, 0.1) is 0 Å². The topological polar surface area (TPSA) is 70.6 Å². The smallest absolute Gasteiger partial charge is 0.322 e. The van der Waals surface area contributed by atoms with E-state index < -0.39 is 0 Å². The van der Waals surface area contributed by atoms with Gasteiger partial charge in [0.2, 0.25) is 0 Å². The number of carbonyl (C=O) groups excluding carboxylic acids is 1. The fourth-order valence-electron chi connectivity index (χ4n) is 4.97. The second-order valence-corrected chi connectivity index (χ2v) is 9.48. The van der Waals surface area contributed by atoms with Gasteiger partial charge in [-0.3, -0.25) is 0 Å². The summed E-state index contributed by atoms with van der Waals surface area (Å²) in [5.74, 6) is 1.65. The summed E-state index contributed by atoms with van der Waals surface area (Å²) in [5, 5.41) is 3.08. The largest absolute Gasteiger partial charge is 0.372 e. The molecule has 2 unspecified atom stereocenters. The van der Waals surface area contributed by atoms with E-state index in [2.05, 4.69) is 37.1 Å². The lowest BCUT2D eigenvalue weighted by atomic mass is 10.0. The molecule has 0 aliphatic carbocycles. The molecule has 2 aliphatic heterocycles. The van der Waals surface area contributed by atoms with Crippen molar-refractivity contribution in [2.24, 2.45) is 0 Å². The van der Waals surface area contributed by atoms with Crippen molar-refractivity contribution in [1.29, 1.82) is 0 Å². The summed E-state index contributed by atoms with van der Waals surface area (Å²) >= 11 is 0. The first-order chi connectivity index (χ1) is 17.0. The summed E-state index contributed by atoms with van der Waals surface area (Å²) < 4.78 is 5.98. The molecule has 0 bridgehead atoms. The molecule has 3 aromatic rings. The van der Waals surface area contributed by atoms with E-state index in [0.717, 1.165) is 53.7 Å². The van der Waals surface area contributed by atoms with Crippen molar-refractivity contribution < 1.29 is 9.53 Å². The van der Waals surface area contributed by atoms with Crippen molar-refractivity contribution >= 4 is 17.5 Å². The molecule has 1 fully saturated rings. The van der Waals surface area contributed by atoms with Gasteiger partial charge in [-0.25, -0.2) is 14.8 Å². The van der Waals surface area contributed by atoms with Crippen LogP contribution in [0.4, 0.5) is 16.3 Å². The molecule has 1 saturated heterocycles. The first-order valence-corrected chi connectivity index (χ1v) is 12.5. The third kappa shape index (κ3) is 5.15. The maximum atomic E-state index is 13.2. The van der Waals surface area contributed by atoms with E-state index in [-0.39, 0.29) is 18.2 Å². The van der Waals surface area contributed by atoms with Crippen LogP contribution in [0.15, 0.2) is 54.6 Å². The van der Waals surface area contributed by atoms with E-state index in [0.29, 0.717) is 19.5 Å². The second-order valence-electron chi connectivity index (χ2n) is 9.48. The number of anilines is 2. The highest BCUT2D eigenvalue weighted by molar-refractivity contribution is 5.89. The van der Waals surface area contributed by atoms with E-state index >= 15 is 0 Å². The SMILES string of the molecule is CCc1cccc(NC(=O)N2CCc3nc(-c4ccccc4)nc(N4CC(C)OC(C)C4)c3C2)c1. The number of ether oxygens (including phenoxy) is 1. The minimum absolute atomic E-state index is 0.0919. The zero-order chi connectivity index (χ0) is 24.4. The molecular weight excluding hydrogens is 438 g/mol. The predicted octanol–water partition coefficient (Wildman–Crippen LogP) is 4.91. The molecule has 0 radical (unpaired) electrons. The summed E-state index contributed by atoms with van der Waals surface area (Å²) in [5.41, 5.74) is 5.09. The number of aryl methyl sites for hydroxylation is 1. The van der Waals surface area contributed by atoms with Gasteiger partial charge in [-0.1, -0.05) is 49.4 Å². The first kappa shape index (κ1) is 23.3. The van der Waals surface area contributed by atoms with Crippen molar-refractivity contribution in [2.45, 2.75) is 52.4 Å². The quantitative estimate of drug-likeness (QED) is 0.586. The van der Waals surface area contributed by atoms with Gasteiger partial charge in [0.05, 0.1) is 24.4 Å². The maximum Gasteiger partial charge on any atom is 0.322 e. The van der Waals surface area contributed by atoms with Crippen LogP contribution in [0.5, 0.6) is 0 Å². The maximum absolute atomic E-state index is 13.2. The number of morpholine rings is 1. The molecule has 7 heteroatoms. The number of hydrogen-bond acceptors (Lipinski definition) is 5. The highest BCUT2D eigenvalue weighted by atomic mass is 16.5.